The van der Waals surface area contributed by atoms with E-state index in [1.54, 1.807) is 11.1 Å². The third-order valence-corrected chi connectivity index (χ3v) is 25.4. The SMILES string of the molecule is CCCCCCCCCCCCCC/C=C/C(CC(=O)O[C@H]1CC[C@@]2(C)C(=CC[C@H]3[C@@H]4CC[C@H]([C@H](C)CCCC(C)C)[C@@]4(C)CC[C@@H]32)C1)C(=O)O[C@H]1CC[C@@]2(C)C(=CC[C@H]3[C@@H]4CC[C@H]([C@H](C)CCCC(C)C)[C@@]4(C)CC[C@@H]32)C1. The molecule has 0 spiro atoms. The van der Waals surface area contributed by atoms with Crippen LogP contribution in [0.2, 0.25) is 0 Å². The van der Waals surface area contributed by atoms with Crippen LogP contribution >= 0.6 is 0 Å². The minimum atomic E-state index is -0.597. The summed E-state index contributed by atoms with van der Waals surface area (Å²) in [6, 6.07) is 0. The first-order valence-corrected chi connectivity index (χ1v) is 34.9. The van der Waals surface area contributed by atoms with E-state index in [9.17, 15) is 9.59 Å². The smallest absolute Gasteiger partial charge is 0.313 e. The third kappa shape index (κ3) is 14.4. The van der Waals surface area contributed by atoms with E-state index in [2.05, 4.69) is 94.4 Å². The molecule has 0 N–H and O–H groups in total. The second-order valence-electron chi connectivity index (χ2n) is 31.2. The van der Waals surface area contributed by atoms with Crippen LogP contribution in [0.5, 0.6) is 0 Å². The third-order valence-electron chi connectivity index (χ3n) is 25.4. The maximum Gasteiger partial charge on any atom is 0.313 e. The lowest BCUT2D eigenvalue weighted by Crippen LogP contribution is -2.51. The molecule has 4 heteroatoms. The van der Waals surface area contributed by atoms with E-state index in [1.807, 2.05) is 6.08 Å². The molecule has 8 aliphatic carbocycles. The Morgan fingerprint density at radius 2 is 0.974 bits per heavy atom. The Kier molecular flexibility index (Phi) is 22.5. The van der Waals surface area contributed by atoms with Crippen LogP contribution in [0.4, 0.5) is 0 Å². The van der Waals surface area contributed by atoms with Crippen molar-refractivity contribution in [2.75, 3.05) is 0 Å². The molecule has 0 amide bonds. The summed E-state index contributed by atoms with van der Waals surface area (Å²) in [5.74, 6) is 8.77. The van der Waals surface area contributed by atoms with Crippen LogP contribution < -0.4 is 0 Å². The first kappa shape index (κ1) is 62.2. The summed E-state index contributed by atoms with van der Waals surface area (Å²) in [7, 11) is 0. The van der Waals surface area contributed by atoms with Gasteiger partial charge in [0.25, 0.3) is 0 Å². The fourth-order valence-corrected chi connectivity index (χ4v) is 20.8. The van der Waals surface area contributed by atoms with Gasteiger partial charge in [0.2, 0.25) is 0 Å². The Labute approximate surface area is 482 Å². The van der Waals surface area contributed by atoms with Crippen molar-refractivity contribution in [3.8, 4) is 0 Å². The average Bonchev–Trinajstić information content (AvgIpc) is 4.03. The molecule has 444 valence electrons. The predicted molar refractivity (Wildman–Crippen MR) is 329 cm³/mol. The average molecular weight is 1080 g/mol. The lowest BCUT2D eigenvalue weighted by molar-refractivity contribution is -0.161. The Morgan fingerprint density at radius 1 is 0.526 bits per heavy atom. The van der Waals surface area contributed by atoms with Gasteiger partial charge in [0.1, 0.15) is 12.2 Å². The molecular formula is C74H124O4. The van der Waals surface area contributed by atoms with Gasteiger partial charge in [-0.2, -0.15) is 0 Å². The Bertz CT molecular complexity index is 1990. The summed E-state index contributed by atoms with van der Waals surface area (Å²) in [6.07, 6.45) is 54.0. The first-order chi connectivity index (χ1) is 37.4. The lowest BCUT2D eigenvalue weighted by Gasteiger charge is -2.58. The molecule has 8 rings (SSSR count). The van der Waals surface area contributed by atoms with Crippen molar-refractivity contribution in [1.29, 1.82) is 0 Å². The van der Waals surface area contributed by atoms with Gasteiger partial charge in [-0.3, -0.25) is 9.59 Å². The van der Waals surface area contributed by atoms with E-state index in [0.29, 0.717) is 10.8 Å². The van der Waals surface area contributed by atoms with Gasteiger partial charge in [-0.25, -0.2) is 0 Å². The molecule has 1 unspecified atom stereocenters. The van der Waals surface area contributed by atoms with Crippen LogP contribution in [0, 0.1) is 98.6 Å². The van der Waals surface area contributed by atoms with Crippen LogP contribution in [0.15, 0.2) is 35.5 Å². The molecule has 6 fully saturated rings. The van der Waals surface area contributed by atoms with E-state index in [-0.39, 0.29) is 41.4 Å². The molecule has 0 radical (unpaired) electrons. The van der Waals surface area contributed by atoms with E-state index >= 15 is 0 Å². The topological polar surface area (TPSA) is 52.6 Å². The van der Waals surface area contributed by atoms with Gasteiger partial charge >= 0.3 is 11.9 Å². The molecule has 78 heavy (non-hydrogen) atoms. The number of rotatable bonds is 29. The number of carbonyl (C=O) groups is 2. The van der Waals surface area contributed by atoms with Gasteiger partial charge < -0.3 is 9.47 Å². The molecule has 6 saturated carbocycles. The number of hydrogen-bond acceptors (Lipinski definition) is 4. The highest BCUT2D eigenvalue weighted by Crippen LogP contribution is 2.69. The van der Waals surface area contributed by atoms with Crippen LogP contribution in [0.1, 0.15) is 307 Å². The molecule has 0 aromatic carbocycles. The monoisotopic (exact) mass is 1080 g/mol. The van der Waals surface area contributed by atoms with E-state index in [1.165, 1.54) is 173 Å². The minimum Gasteiger partial charge on any atom is -0.462 e. The Hall–Kier alpha value is -1.84. The normalized spacial score (nSPS) is 37.3. The van der Waals surface area contributed by atoms with Crippen molar-refractivity contribution in [2.45, 2.75) is 320 Å². The van der Waals surface area contributed by atoms with Crippen molar-refractivity contribution >= 4 is 11.9 Å². The number of esters is 2. The number of fused-ring (bicyclic) bond motifs is 10. The zero-order chi connectivity index (χ0) is 55.7. The summed E-state index contributed by atoms with van der Waals surface area (Å²) >= 11 is 0. The Morgan fingerprint density at radius 3 is 1.44 bits per heavy atom. The molecule has 0 aromatic rings. The molecule has 17 atom stereocenters. The quantitative estimate of drug-likeness (QED) is 0.0426. The largest absolute Gasteiger partial charge is 0.462 e. The lowest BCUT2D eigenvalue weighted by atomic mass is 9.47. The zero-order valence-corrected chi connectivity index (χ0v) is 53.1. The van der Waals surface area contributed by atoms with Crippen LogP contribution in [-0.4, -0.2) is 24.1 Å². The summed E-state index contributed by atoms with van der Waals surface area (Å²) in [5.41, 5.74) is 4.53. The standard InChI is InChI=1S/C74H124O4/c1-12-13-14-15-16-17-18-19-20-21-22-23-24-25-32-56(70(76)78-60-42-46-72(9)58(51-60)34-36-62-66-40-38-64(55(7)31-27-29-53(4)5)74(66,11)48-44-68(62)72)49-69(75)77-59-41-45-71(8)57(50-59)33-35-61-65-39-37-63(54(6)30-26-28-52(2)3)73(65,10)47-43-67(61)71/h25,32-34,52-56,59-68H,12-24,26-31,35-51H2,1-11H3/b32-25+/t54-,55-,56?,59+,60+,61+,62+,63-,64-,65+,66+,67+,68+,71+,72+,73-,74-/m1/s1. The van der Waals surface area contributed by atoms with Crippen molar-refractivity contribution in [3.63, 3.8) is 0 Å². The van der Waals surface area contributed by atoms with Crippen molar-refractivity contribution in [1.82, 2.24) is 0 Å². The van der Waals surface area contributed by atoms with Crippen LogP contribution in [-0.2, 0) is 19.1 Å². The number of unbranched alkanes of at least 4 members (excludes halogenated alkanes) is 12. The second-order valence-corrected chi connectivity index (χ2v) is 31.2. The molecular weight excluding hydrogens is 953 g/mol. The van der Waals surface area contributed by atoms with Gasteiger partial charge in [0.05, 0.1) is 12.3 Å². The van der Waals surface area contributed by atoms with Crippen molar-refractivity contribution in [3.05, 3.63) is 35.5 Å². The second kappa shape index (κ2) is 28.2. The first-order valence-electron chi connectivity index (χ1n) is 34.9. The van der Waals surface area contributed by atoms with Crippen LogP contribution in [0.3, 0.4) is 0 Å². The van der Waals surface area contributed by atoms with Gasteiger partial charge in [-0.1, -0.05) is 221 Å². The van der Waals surface area contributed by atoms with E-state index in [0.717, 1.165) is 122 Å². The summed E-state index contributed by atoms with van der Waals surface area (Å²) < 4.78 is 13.1. The van der Waals surface area contributed by atoms with Crippen molar-refractivity contribution < 1.29 is 19.1 Å². The summed E-state index contributed by atoms with van der Waals surface area (Å²) in [6.45, 7) is 27.6. The fourth-order valence-electron chi connectivity index (χ4n) is 20.8. The van der Waals surface area contributed by atoms with E-state index in [4.69, 9.17) is 9.47 Å². The highest BCUT2D eigenvalue weighted by atomic mass is 16.6. The molecule has 0 bridgehead atoms. The van der Waals surface area contributed by atoms with Crippen LogP contribution in [0.25, 0.3) is 0 Å². The minimum absolute atomic E-state index is 0.0804. The Balaban J connectivity index is 0.857. The molecule has 4 nitrogen and oxygen atoms in total. The molecule has 0 heterocycles. The highest BCUT2D eigenvalue weighted by Gasteiger charge is 2.61. The number of hydrogen-bond donors (Lipinski definition) is 0. The molecule has 0 aliphatic heterocycles. The number of allylic oxidation sites excluding steroid dienone is 3. The maximum atomic E-state index is 14.5. The molecule has 0 saturated heterocycles. The van der Waals surface area contributed by atoms with Gasteiger partial charge in [-0.05, 0) is 195 Å². The van der Waals surface area contributed by atoms with Gasteiger partial charge in [0.15, 0.2) is 0 Å². The maximum absolute atomic E-state index is 14.5. The number of carbonyl (C=O) groups excluding carboxylic acids is 2. The van der Waals surface area contributed by atoms with Gasteiger partial charge in [-0.15, -0.1) is 0 Å². The van der Waals surface area contributed by atoms with Crippen molar-refractivity contribution in [2.24, 2.45) is 98.6 Å². The fraction of sp³-hybridized carbons (Fsp3) is 0.892. The van der Waals surface area contributed by atoms with E-state index < -0.39 is 5.92 Å². The van der Waals surface area contributed by atoms with Gasteiger partial charge in [0, 0.05) is 12.8 Å². The molecule has 8 aliphatic rings. The molecule has 0 aromatic heterocycles. The summed E-state index contributed by atoms with van der Waals surface area (Å²) in [5, 5.41) is 0. The summed E-state index contributed by atoms with van der Waals surface area (Å²) in [4.78, 5) is 28.7. The highest BCUT2D eigenvalue weighted by molar-refractivity contribution is 5.81. The number of ether oxygens (including phenoxy) is 2. The zero-order valence-electron chi connectivity index (χ0n) is 53.1. The predicted octanol–water partition coefficient (Wildman–Crippen LogP) is 21.5.